The third-order valence-electron chi connectivity index (χ3n) is 3.91. The molecule has 1 saturated heterocycles. The fourth-order valence-electron chi connectivity index (χ4n) is 2.60. The Labute approximate surface area is 148 Å². The van der Waals surface area contributed by atoms with Crippen LogP contribution < -0.4 is 5.11 Å². The molecule has 25 heavy (non-hydrogen) atoms. The standard InChI is InChI=1S/C18H15NO5S/c1-3-19-16(20)15(25-18(19)23)9-11-7-8-14(24-11)12-5-4-6-13(10(12)2)17(21)22/h4-9H,3H2,1-2H3,(H,21,22)/p-1/b15-9+. The molecule has 0 N–H and O–H groups in total. The Hall–Kier alpha value is -2.80. The molecule has 2 aromatic rings. The summed E-state index contributed by atoms with van der Waals surface area (Å²) in [5.41, 5.74) is 1.26. The summed E-state index contributed by atoms with van der Waals surface area (Å²) < 4.78 is 5.71. The number of hydrogen-bond donors (Lipinski definition) is 0. The van der Waals surface area contributed by atoms with Gasteiger partial charge in [-0.15, -0.1) is 0 Å². The van der Waals surface area contributed by atoms with Crippen LogP contribution in [0.1, 0.15) is 28.6 Å². The Morgan fingerprint density at radius 2 is 2.04 bits per heavy atom. The van der Waals surface area contributed by atoms with Crippen LogP contribution in [0.15, 0.2) is 39.7 Å². The first-order valence-corrected chi connectivity index (χ1v) is 8.40. The van der Waals surface area contributed by atoms with E-state index in [4.69, 9.17) is 4.42 Å². The topological polar surface area (TPSA) is 90.7 Å². The van der Waals surface area contributed by atoms with Crippen molar-refractivity contribution in [2.45, 2.75) is 13.8 Å². The van der Waals surface area contributed by atoms with Crippen molar-refractivity contribution in [3.8, 4) is 11.3 Å². The number of hydrogen-bond acceptors (Lipinski definition) is 6. The molecule has 2 amide bonds. The fraction of sp³-hybridized carbons (Fsp3) is 0.167. The number of benzene rings is 1. The van der Waals surface area contributed by atoms with E-state index in [2.05, 4.69) is 0 Å². The van der Waals surface area contributed by atoms with Crippen molar-refractivity contribution in [2.24, 2.45) is 0 Å². The van der Waals surface area contributed by atoms with Gasteiger partial charge in [0.2, 0.25) is 0 Å². The minimum atomic E-state index is -1.25. The molecular weight excluding hydrogens is 342 g/mol. The molecular formula is C18H14NO5S-. The fourth-order valence-corrected chi connectivity index (χ4v) is 3.48. The number of nitrogens with zero attached hydrogens (tertiary/aromatic N) is 1. The highest BCUT2D eigenvalue weighted by Crippen LogP contribution is 2.33. The summed E-state index contributed by atoms with van der Waals surface area (Å²) in [6.07, 6.45) is 1.52. The van der Waals surface area contributed by atoms with Gasteiger partial charge >= 0.3 is 0 Å². The quantitative estimate of drug-likeness (QED) is 0.782. The molecule has 1 aromatic heterocycles. The third-order valence-corrected chi connectivity index (χ3v) is 4.82. The van der Waals surface area contributed by atoms with Crippen molar-refractivity contribution < 1.29 is 23.9 Å². The van der Waals surface area contributed by atoms with Crippen LogP contribution in [0.2, 0.25) is 0 Å². The highest BCUT2D eigenvalue weighted by atomic mass is 32.2. The number of thioether (sulfide) groups is 1. The van der Waals surface area contributed by atoms with Crippen LogP contribution in [0, 0.1) is 6.92 Å². The van der Waals surface area contributed by atoms with E-state index in [1.807, 2.05) is 0 Å². The predicted molar refractivity (Wildman–Crippen MR) is 91.6 cm³/mol. The molecule has 0 unspecified atom stereocenters. The number of rotatable bonds is 4. The number of carbonyl (C=O) groups is 3. The Kier molecular flexibility index (Phi) is 4.50. The summed E-state index contributed by atoms with van der Waals surface area (Å²) >= 11 is 0.868. The first kappa shape index (κ1) is 17.0. The summed E-state index contributed by atoms with van der Waals surface area (Å²) in [5.74, 6) is -0.707. The number of aromatic carboxylic acids is 1. The van der Waals surface area contributed by atoms with E-state index in [9.17, 15) is 19.5 Å². The van der Waals surface area contributed by atoms with Crippen molar-refractivity contribution >= 4 is 35.0 Å². The molecule has 128 valence electrons. The van der Waals surface area contributed by atoms with E-state index >= 15 is 0 Å². The zero-order valence-electron chi connectivity index (χ0n) is 13.6. The van der Waals surface area contributed by atoms with Gasteiger partial charge in [-0.05, 0) is 43.3 Å². The number of likely N-dealkylation sites (N-methyl/N-ethyl adjacent to an activating group) is 1. The SMILES string of the molecule is CCN1C(=O)S/C(=C/c2ccc(-c3cccc(C(=O)[O-])c3C)o2)C1=O. The van der Waals surface area contributed by atoms with Gasteiger partial charge in [0, 0.05) is 23.7 Å². The number of furan rings is 1. The summed E-state index contributed by atoms with van der Waals surface area (Å²) in [6.45, 7) is 3.73. The minimum absolute atomic E-state index is 0.0968. The van der Waals surface area contributed by atoms with Crippen molar-refractivity contribution in [1.82, 2.24) is 4.90 Å². The van der Waals surface area contributed by atoms with E-state index in [-0.39, 0.29) is 16.7 Å². The molecule has 3 rings (SSSR count). The summed E-state index contributed by atoms with van der Waals surface area (Å²) in [6, 6.07) is 8.19. The van der Waals surface area contributed by atoms with E-state index in [1.54, 1.807) is 38.1 Å². The first-order chi connectivity index (χ1) is 11.9. The van der Waals surface area contributed by atoms with Crippen molar-refractivity contribution in [2.75, 3.05) is 6.54 Å². The maximum absolute atomic E-state index is 12.1. The van der Waals surface area contributed by atoms with Crippen LogP contribution in [0.5, 0.6) is 0 Å². The summed E-state index contributed by atoms with van der Waals surface area (Å²) in [5, 5.41) is 10.8. The number of imide groups is 1. The van der Waals surface area contributed by atoms with Gasteiger partial charge in [-0.3, -0.25) is 14.5 Å². The monoisotopic (exact) mass is 356 g/mol. The lowest BCUT2D eigenvalue weighted by Gasteiger charge is -2.10. The largest absolute Gasteiger partial charge is 0.545 e. The number of carboxylic acid groups (broad SMARTS) is 1. The summed E-state index contributed by atoms with van der Waals surface area (Å²) in [4.78, 5) is 36.4. The van der Waals surface area contributed by atoms with Crippen LogP contribution in [0.3, 0.4) is 0 Å². The number of carboxylic acids is 1. The average Bonchev–Trinajstić information content (AvgIpc) is 3.12. The van der Waals surface area contributed by atoms with E-state index in [0.29, 0.717) is 34.1 Å². The Morgan fingerprint density at radius 3 is 2.68 bits per heavy atom. The molecule has 0 aliphatic carbocycles. The lowest BCUT2D eigenvalue weighted by Crippen LogP contribution is -2.27. The molecule has 0 atom stereocenters. The van der Waals surface area contributed by atoms with Crippen LogP contribution in [-0.4, -0.2) is 28.6 Å². The maximum atomic E-state index is 12.1. The molecule has 0 radical (unpaired) electrons. The van der Waals surface area contributed by atoms with Gasteiger partial charge in [-0.2, -0.15) is 0 Å². The van der Waals surface area contributed by atoms with Crippen LogP contribution in [0.25, 0.3) is 17.4 Å². The molecule has 1 aromatic carbocycles. The van der Waals surface area contributed by atoms with Gasteiger partial charge in [0.05, 0.1) is 10.9 Å². The smallest absolute Gasteiger partial charge is 0.293 e. The van der Waals surface area contributed by atoms with Crippen LogP contribution >= 0.6 is 11.8 Å². The van der Waals surface area contributed by atoms with Crippen molar-refractivity contribution in [1.29, 1.82) is 0 Å². The van der Waals surface area contributed by atoms with E-state index in [1.165, 1.54) is 12.1 Å². The third kappa shape index (κ3) is 3.10. The second-order valence-electron chi connectivity index (χ2n) is 5.39. The zero-order chi connectivity index (χ0) is 18.1. The van der Waals surface area contributed by atoms with E-state index in [0.717, 1.165) is 16.7 Å². The molecule has 6 nitrogen and oxygen atoms in total. The average molecular weight is 356 g/mol. The van der Waals surface area contributed by atoms with Gasteiger partial charge in [0.1, 0.15) is 11.5 Å². The first-order valence-electron chi connectivity index (χ1n) is 7.59. The highest BCUT2D eigenvalue weighted by molar-refractivity contribution is 8.18. The molecule has 1 aliphatic heterocycles. The Morgan fingerprint density at radius 1 is 1.28 bits per heavy atom. The molecule has 0 saturated carbocycles. The number of amides is 2. The Balaban J connectivity index is 1.93. The number of carbonyl (C=O) groups excluding carboxylic acids is 3. The van der Waals surface area contributed by atoms with E-state index < -0.39 is 5.97 Å². The van der Waals surface area contributed by atoms with Gasteiger partial charge in [-0.25, -0.2) is 0 Å². The van der Waals surface area contributed by atoms with Gasteiger partial charge in [0.15, 0.2) is 0 Å². The molecule has 1 fully saturated rings. The van der Waals surface area contributed by atoms with Crippen molar-refractivity contribution in [3.63, 3.8) is 0 Å². The normalized spacial score (nSPS) is 16.1. The highest BCUT2D eigenvalue weighted by Gasteiger charge is 2.33. The Bertz CT molecular complexity index is 912. The van der Waals surface area contributed by atoms with Gasteiger partial charge in [0.25, 0.3) is 11.1 Å². The molecule has 0 bridgehead atoms. The predicted octanol–water partition coefficient (Wildman–Crippen LogP) is 2.67. The second-order valence-corrected chi connectivity index (χ2v) is 6.39. The van der Waals surface area contributed by atoms with Crippen LogP contribution in [-0.2, 0) is 4.79 Å². The maximum Gasteiger partial charge on any atom is 0.293 e. The van der Waals surface area contributed by atoms with Crippen molar-refractivity contribution in [3.05, 3.63) is 52.1 Å². The molecule has 1 aliphatic rings. The zero-order valence-corrected chi connectivity index (χ0v) is 14.4. The lowest BCUT2D eigenvalue weighted by molar-refractivity contribution is -0.255. The molecule has 7 heteroatoms. The lowest BCUT2D eigenvalue weighted by atomic mass is 10.0. The minimum Gasteiger partial charge on any atom is -0.545 e. The van der Waals surface area contributed by atoms with Crippen LogP contribution in [0.4, 0.5) is 4.79 Å². The molecule has 0 spiro atoms. The van der Waals surface area contributed by atoms with Gasteiger partial charge < -0.3 is 14.3 Å². The second kappa shape index (κ2) is 6.60. The molecule has 2 heterocycles. The summed E-state index contributed by atoms with van der Waals surface area (Å²) in [7, 11) is 0. The van der Waals surface area contributed by atoms with Gasteiger partial charge in [-0.1, -0.05) is 18.2 Å².